The van der Waals surface area contributed by atoms with Gasteiger partial charge in [-0.2, -0.15) is 10.2 Å². The molecular formula is C18H22ClN7O2. The minimum Gasteiger partial charge on any atom is -0.494 e. The lowest BCUT2D eigenvalue weighted by atomic mass is 10.2. The van der Waals surface area contributed by atoms with Crippen LogP contribution in [0, 0.1) is 0 Å². The number of carbonyl (C=O) groups is 1. The molecule has 0 aliphatic rings. The summed E-state index contributed by atoms with van der Waals surface area (Å²) in [5.41, 5.74) is 15.4. The van der Waals surface area contributed by atoms with Gasteiger partial charge in [-0.3, -0.25) is 4.79 Å². The number of nitrogens with zero attached hydrogens (tertiary/aromatic N) is 5. The Morgan fingerprint density at radius 3 is 2.25 bits per heavy atom. The fourth-order valence-electron chi connectivity index (χ4n) is 2.06. The number of carbonyl (C=O) groups excluding carboxylic acids is 1. The summed E-state index contributed by atoms with van der Waals surface area (Å²) in [5, 5.41) is 14.5. The summed E-state index contributed by atoms with van der Waals surface area (Å²) < 4.78 is 5.53. The number of nitrogens with two attached hydrogens (primary N) is 1. The van der Waals surface area contributed by atoms with Crippen LogP contribution in [0.5, 0.6) is 5.75 Å². The van der Waals surface area contributed by atoms with Gasteiger partial charge in [0.2, 0.25) is 0 Å². The molecule has 0 aliphatic heterocycles. The maximum absolute atomic E-state index is 11.8. The number of rotatable bonds is 10. The second-order valence-corrected chi connectivity index (χ2v) is 5.44. The Hall–Kier alpha value is -3.13. The maximum Gasteiger partial charge on any atom is 0.251 e. The number of benzene rings is 2. The van der Waals surface area contributed by atoms with Gasteiger partial charge in [-0.15, -0.1) is 12.4 Å². The highest BCUT2D eigenvalue weighted by molar-refractivity contribution is 5.94. The summed E-state index contributed by atoms with van der Waals surface area (Å²) in [6, 6.07) is 14.0. The van der Waals surface area contributed by atoms with Crippen molar-refractivity contribution in [1.82, 2.24) is 5.32 Å². The molecule has 2 aromatic carbocycles. The monoisotopic (exact) mass is 403 g/mol. The molecule has 9 nitrogen and oxygen atoms in total. The number of amides is 1. The van der Waals surface area contributed by atoms with Crippen LogP contribution in [0.2, 0.25) is 0 Å². The summed E-state index contributed by atoms with van der Waals surface area (Å²) in [6.07, 6.45) is 0.658. The Morgan fingerprint density at radius 1 is 1.07 bits per heavy atom. The van der Waals surface area contributed by atoms with E-state index in [9.17, 15) is 4.79 Å². The van der Waals surface area contributed by atoms with E-state index < -0.39 is 0 Å². The van der Waals surface area contributed by atoms with Gasteiger partial charge >= 0.3 is 0 Å². The molecule has 10 heteroatoms. The molecule has 0 bridgehead atoms. The zero-order chi connectivity index (χ0) is 19.3. The summed E-state index contributed by atoms with van der Waals surface area (Å²) in [5.74, 6) is 0.543. The van der Waals surface area contributed by atoms with E-state index in [-0.39, 0.29) is 18.3 Å². The first-order chi connectivity index (χ1) is 13.2. The second-order valence-electron chi connectivity index (χ2n) is 5.44. The van der Waals surface area contributed by atoms with Crippen molar-refractivity contribution in [2.45, 2.75) is 6.42 Å². The van der Waals surface area contributed by atoms with Gasteiger partial charge in [0, 0.05) is 30.1 Å². The number of nitrogens with one attached hydrogen (secondary N) is 1. The highest BCUT2D eigenvalue weighted by Gasteiger charge is 2.03. The van der Waals surface area contributed by atoms with E-state index in [1.165, 1.54) is 0 Å². The van der Waals surface area contributed by atoms with Crippen LogP contribution in [0.25, 0.3) is 10.4 Å². The number of hydrogen-bond acceptors (Lipinski definition) is 6. The molecule has 148 valence electrons. The van der Waals surface area contributed by atoms with Crippen molar-refractivity contribution in [3.63, 3.8) is 0 Å². The van der Waals surface area contributed by atoms with Crippen molar-refractivity contribution < 1.29 is 9.53 Å². The third kappa shape index (κ3) is 8.05. The number of hydrogen-bond donors (Lipinski definition) is 2. The molecule has 0 aromatic heterocycles. The van der Waals surface area contributed by atoms with Gasteiger partial charge in [-0.1, -0.05) is 5.11 Å². The van der Waals surface area contributed by atoms with Crippen LogP contribution in [0.3, 0.4) is 0 Å². The van der Waals surface area contributed by atoms with Gasteiger partial charge in [0.1, 0.15) is 5.75 Å². The van der Waals surface area contributed by atoms with Crippen LogP contribution < -0.4 is 15.8 Å². The maximum atomic E-state index is 11.8. The van der Waals surface area contributed by atoms with Crippen molar-refractivity contribution in [3.8, 4) is 5.75 Å². The van der Waals surface area contributed by atoms with E-state index in [2.05, 4.69) is 25.6 Å². The fraction of sp³-hybridized carbons (Fsp3) is 0.278. The van der Waals surface area contributed by atoms with Crippen molar-refractivity contribution in [2.75, 3.05) is 26.2 Å². The second kappa shape index (κ2) is 13.1. The third-order valence-electron chi connectivity index (χ3n) is 3.41. The van der Waals surface area contributed by atoms with Crippen LogP contribution in [-0.4, -0.2) is 32.1 Å². The zero-order valence-corrected chi connectivity index (χ0v) is 16.0. The molecule has 0 atom stereocenters. The molecule has 0 spiro atoms. The van der Waals surface area contributed by atoms with Crippen molar-refractivity contribution in [1.29, 1.82) is 0 Å². The van der Waals surface area contributed by atoms with E-state index in [0.29, 0.717) is 55.3 Å². The highest BCUT2D eigenvalue weighted by Crippen LogP contribution is 2.21. The standard InChI is InChI=1S/C18H21N7O2.ClH/c19-10-12-21-18(26)14-2-4-15(5-3-14)23-24-16-6-8-17(9-7-16)27-13-1-11-22-25-20;/h2-9H,1,10-13,19H2,(H,21,26);1H/b24-23+;. The SMILES string of the molecule is Cl.[N-]=[N+]=NCCCOc1ccc(/N=N/c2ccc(C(=O)NCCN)cc2)cc1. The summed E-state index contributed by atoms with van der Waals surface area (Å²) >= 11 is 0. The van der Waals surface area contributed by atoms with Crippen LogP contribution in [0.1, 0.15) is 16.8 Å². The van der Waals surface area contributed by atoms with Crippen molar-refractivity contribution in [2.24, 2.45) is 21.1 Å². The molecule has 28 heavy (non-hydrogen) atoms. The molecule has 0 saturated carbocycles. The fourth-order valence-corrected chi connectivity index (χ4v) is 2.06. The van der Waals surface area contributed by atoms with Crippen LogP contribution in [0.4, 0.5) is 11.4 Å². The van der Waals surface area contributed by atoms with E-state index >= 15 is 0 Å². The molecule has 2 rings (SSSR count). The predicted molar refractivity (Wildman–Crippen MR) is 110 cm³/mol. The lowest BCUT2D eigenvalue weighted by Crippen LogP contribution is -2.28. The van der Waals surface area contributed by atoms with Gasteiger partial charge in [-0.05, 0) is 60.5 Å². The Labute approximate surface area is 169 Å². The molecule has 0 saturated heterocycles. The molecule has 0 aliphatic carbocycles. The Bertz CT molecular complexity index is 804. The van der Waals surface area contributed by atoms with Crippen molar-refractivity contribution >= 4 is 29.7 Å². The molecular weight excluding hydrogens is 382 g/mol. The largest absolute Gasteiger partial charge is 0.494 e. The van der Waals surface area contributed by atoms with E-state index in [0.717, 1.165) is 0 Å². The summed E-state index contributed by atoms with van der Waals surface area (Å²) in [6.45, 7) is 1.73. The highest BCUT2D eigenvalue weighted by atomic mass is 35.5. The molecule has 0 unspecified atom stereocenters. The third-order valence-corrected chi connectivity index (χ3v) is 3.41. The summed E-state index contributed by atoms with van der Waals surface area (Å²) in [4.78, 5) is 14.5. The minimum atomic E-state index is -0.168. The Morgan fingerprint density at radius 2 is 1.68 bits per heavy atom. The normalized spacial score (nSPS) is 10.0. The van der Waals surface area contributed by atoms with E-state index in [1.54, 1.807) is 48.5 Å². The quantitative estimate of drug-likeness (QED) is 0.264. The number of azo groups is 1. The molecule has 0 fully saturated rings. The van der Waals surface area contributed by atoms with E-state index in [4.69, 9.17) is 16.0 Å². The van der Waals surface area contributed by atoms with Crippen LogP contribution in [0.15, 0.2) is 63.9 Å². The minimum absolute atomic E-state index is 0. The molecule has 1 amide bonds. The molecule has 3 N–H and O–H groups in total. The number of azide groups is 1. The average Bonchev–Trinajstić information content (AvgIpc) is 2.71. The van der Waals surface area contributed by atoms with Gasteiger partial charge in [0.05, 0.1) is 18.0 Å². The topological polar surface area (TPSA) is 138 Å². The first-order valence-corrected chi connectivity index (χ1v) is 8.46. The lowest BCUT2D eigenvalue weighted by molar-refractivity contribution is 0.0955. The zero-order valence-electron chi connectivity index (χ0n) is 15.2. The van der Waals surface area contributed by atoms with Gasteiger partial charge in [-0.25, -0.2) is 0 Å². The number of ether oxygens (including phenoxy) is 1. The average molecular weight is 404 g/mol. The summed E-state index contributed by atoms with van der Waals surface area (Å²) in [7, 11) is 0. The Kier molecular flexibility index (Phi) is 10.7. The van der Waals surface area contributed by atoms with Crippen LogP contribution in [-0.2, 0) is 0 Å². The lowest BCUT2D eigenvalue weighted by Gasteiger charge is -2.04. The van der Waals surface area contributed by atoms with Gasteiger partial charge in [0.15, 0.2) is 0 Å². The van der Waals surface area contributed by atoms with Gasteiger partial charge < -0.3 is 15.8 Å². The van der Waals surface area contributed by atoms with Crippen LogP contribution >= 0.6 is 12.4 Å². The molecule has 2 aromatic rings. The van der Waals surface area contributed by atoms with E-state index in [1.807, 2.05) is 0 Å². The molecule has 0 heterocycles. The van der Waals surface area contributed by atoms with Crippen molar-refractivity contribution in [3.05, 3.63) is 64.5 Å². The first-order valence-electron chi connectivity index (χ1n) is 8.46. The predicted octanol–water partition coefficient (Wildman–Crippen LogP) is 4.29. The Balaban J connectivity index is 0.00000392. The smallest absolute Gasteiger partial charge is 0.251 e. The van der Waals surface area contributed by atoms with Gasteiger partial charge in [0.25, 0.3) is 5.91 Å². The molecule has 0 radical (unpaired) electrons. The first kappa shape index (κ1) is 22.9. The number of halogens is 1.